The van der Waals surface area contributed by atoms with Gasteiger partial charge in [-0.05, 0) is 49.7 Å². The molecular weight excluding hydrogens is 417 g/mol. The van der Waals surface area contributed by atoms with Crippen LogP contribution in [0, 0.1) is 13.8 Å². The van der Waals surface area contributed by atoms with E-state index in [1.165, 1.54) is 23.5 Å². The molecule has 29 heavy (non-hydrogen) atoms. The number of alkyl halides is 3. The van der Waals surface area contributed by atoms with Crippen molar-refractivity contribution < 1.29 is 17.9 Å². The van der Waals surface area contributed by atoms with Gasteiger partial charge < -0.3 is 10.5 Å². The molecule has 3 aromatic rings. The lowest BCUT2D eigenvalue weighted by Crippen LogP contribution is -2.11. The molecule has 2 aromatic carbocycles. The van der Waals surface area contributed by atoms with Gasteiger partial charge in [0.2, 0.25) is 0 Å². The van der Waals surface area contributed by atoms with E-state index in [9.17, 15) is 13.2 Å². The van der Waals surface area contributed by atoms with E-state index < -0.39 is 11.7 Å². The van der Waals surface area contributed by atoms with Crippen LogP contribution in [0.25, 0.3) is 10.6 Å². The molecule has 1 aromatic heterocycles. The molecule has 0 unspecified atom stereocenters. The molecular formula is C21H21F3N2OS2. The number of aromatic nitrogens is 1. The Kier molecular flexibility index (Phi) is 6.87. The topological polar surface area (TPSA) is 48.1 Å². The van der Waals surface area contributed by atoms with E-state index in [4.69, 9.17) is 10.5 Å². The van der Waals surface area contributed by atoms with Gasteiger partial charge in [0.05, 0.1) is 11.3 Å². The summed E-state index contributed by atoms with van der Waals surface area (Å²) in [5.41, 5.74) is 7.46. The van der Waals surface area contributed by atoms with Gasteiger partial charge in [0.15, 0.2) is 0 Å². The second-order valence-corrected chi connectivity index (χ2v) is 8.59. The summed E-state index contributed by atoms with van der Waals surface area (Å²) in [6.45, 7) is 4.88. The Hall–Kier alpha value is -2.03. The average Bonchev–Trinajstić information content (AvgIpc) is 3.06. The fraction of sp³-hybridized carbons (Fsp3) is 0.286. The molecule has 0 saturated heterocycles. The summed E-state index contributed by atoms with van der Waals surface area (Å²) >= 11 is 3.20. The zero-order valence-electron chi connectivity index (χ0n) is 16.0. The Morgan fingerprint density at radius 1 is 1.10 bits per heavy atom. The zero-order valence-corrected chi connectivity index (χ0v) is 17.7. The normalized spacial score (nSPS) is 11.7. The minimum atomic E-state index is -4.33. The number of hydrogen-bond donors (Lipinski definition) is 1. The molecule has 154 valence electrons. The largest absolute Gasteiger partial charge is 0.492 e. The van der Waals surface area contributed by atoms with Gasteiger partial charge in [0.1, 0.15) is 17.4 Å². The summed E-state index contributed by atoms with van der Waals surface area (Å²) in [6.07, 6.45) is -4.33. The predicted molar refractivity (Wildman–Crippen MR) is 113 cm³/mol. The molecule has 0 bridgehead atoms. The first-order chi connectivity index (χ1) is 13.8. The van der Waals surface area contributed by atoms with Crippen molar-refractivity contribution in [2.75, 3.05) is 13.2 Å². The van der Waals surface area contributed by atoms with Crippen molar-refractivity contribution >= 4 is 23.1 Å². The molecule has 0 spiro atoms. The molecule has 0 saturated carbocycles. The van der Waals surface area contributed by atoms with Crippen molar-refractivity contribution in [3.63, 3.8) is 0 Å². The van der Waals surface area contributed by atoms with Crippen LogP contribution in [0.15, 0.2) is 47.4 Å². The fourth-order valence-electron chi connectivity index (χ4n) is 2.68. The fourth-order valence-corrected chi connectivity index (χ4v) is 4.89. The molecule has 8 heteroatoms. The van der Waals surface area contributed by atoms with Crippen molar-refractivity contribution in [1.82, 2.24) is 4.98 Å². The molecule has 0 atom stereocenters. The smallest absolute Gasteiger partial charge is 0.416 e. The highest BCUT2D eigenvalue weighted by atomic mass is 32.2. The van der Waals surface area contributed by atoms with Gasteiger partial charge >= 0.3 is 6.18 Å². The second kappa shape index (κ2) is 9.19. The van der Waals surface area contributed by atoms with Crippen LogP contribution in [-0.4, -0.2) is 18.1 Å². The number of aryl methyl sites for hydroxylation is 2. The first-order valence-electron chi connectivity index (χ1n) is 8.98. The van der Waals surface area contributed by atoms with Crippen molar-refractivity contribution in [2.24, 2.45) is 5.73 Å². The van der Waals surface area contributed by atoms with Crippen molar-refractivity contribution in [3.05, 3.63) is 64.2 Å². The average molecular weight is 439 g/mol. The summed E-state index contributed by atoms with van der Waals surface area (Å²) < 4.78 is 43.8. The maximum Gasteiger partial charge on any atom is 0.416 e. The number of benzene rings is 2. The molecule has 3 nitrogen and oxygen atoms in total. The van der Waals surface area contributed by atoms with Crippen molar-refractivity contribution in [3.8, 4) is 16.3 Å². The van der Waals surface area contributed by atoms with E-state index in [0.717, 1.165) is 49.7 Å². The lowest BCUT2D eigenvalue weighted by atomic mass is 10.1. The third-order valence-electron chi connectivity index (χ3n) is 4.24. The number of thiazole rings is 1. The van der Waals surface area contributed by atoms with Crippen LogP contribution in [0.5, 0.6) is 5.75 Å². The Morgan fingerprint density at radius 3 is 2.45 bits per heavy atom. The third kappa shape index (κ3) is 5.52. The summed E-state index contributed by atoms with van der Waals surface area (Å²) in [5, 5.41) is 0.730. The number of ether oxygens (including phenoxy) is 1. The molecule has 0 aliphatic carbocycles. The Morgan fingerprint density at radius 2 is 1.83 bits per heavy atom. The molecule has 0 radical (unpaired) electrons. The van der Waals surface area contributed by atoms with Gasteiger partial charge in [-0.25, -0.2) is 4.98 Å². The zero-order chi connectivity index (χ0) is 21.0. The number of nitrogens with two attached hydrogens (primary N) is 1. The van der Waals surface area contributed by atoms with Crippen LogP contribution in [0.3, 0.4) is 0 Å². The third-order valence-corrected chi connectivity index (χ3v) is 6.65. The number of nitrogens with zero attached hydrogens (tertiary/aromatic N) is 1. The monoisotopic (exact) mass is 438 g/mol. The minimum Gasteiger partial charge on any atom is -0.492 e. The molecule has 0 amide bonds. The van der Waals surface area contributed by atoms with E-state index in [0.29, 0.717) is 18.7 Å². The van der Waals surface area contributed by atoms with Gasteiger partial charge in [0, 0.05) is 27.6 Å². The highest BCUT2D eigenvalue weighted by Gasteiger charge is 2.30. The lowest BCUT2D eigenvalue weighted by molar-refractivity contribution is -0.137. The number of halogens is 3. The van der Waals surface area contributed by atoms with Crippen LogP contribution in [0.1, 0.15) is 21.7 Å². The molecule has 0 fully saturated rings. The highest BCUT2D eigenvalue weighted by Crippen LogP contribution is 2.35. The Labute approximate surface area is 176 Å². The van der Waals surface area contributed by atoms with Gasteiger partial charge in [0.25, 0.3) is 0 Å². The quantitative estimate of drug-likeness (QED) is 0.455. The SMILES string of the molecule is Cc1cc(SCc2sc(-c3ccc(C(F)(F)F)cc3)nc2C)ccc1OCCN. The number of hydrogen-bond acceptors (Lipinski definition) is 5. The van der Waals surface area contributed by atoms with Crippen LogP contribution >= 0.6 is 23.1 Å². The Bertz CT molecular complexity index is 969. The molecule has 0 aliphatic heterocycles. The number of rotatable bonds is 7. The maximum absolute atomic E-state index is 12.7. The molecule has 1 heterocycles. The van der Waals surface area contributed by atoms with E-state index in [1.54, 1.807) is 11.8 Å². The molecule has 2 N–H and O–H groups in total. The van der Waals surface area contributed by atoms with Crippen LogP contribution in [0.2, 0.25) is 0 Å². The lowest BCUT2D eigenvalue weighted by Gasteiger charge is -2.09. The summed E-state index contributed by atoms with van der Waals surface area (Å²) in [5.74, 6) is 1.57. The summed E-state index contributed by atoms with van der Waals surface area (Å²) in [4.78, 5) is 6.76. The van der Waals surface area contributed by atoms with Gasteiger partial charge in [-0.2, -0.15) is 13.2 Å². The standard InChI is InChI=1S/C21H21F3N2OS2/c1-13-11-17(7-8-18(13)27-10-9-25)28-12-19-14(2)26-20(29-19)15-3-5-16(6-4-15)21(22,23)24/h3-8,11H,9-10,12,25H2,1-2H3. The molecule has 0 aliphatic rings. The van der Waals surface area contributed by atoms with Crippen molar-refractivity contribution in [1.29, 1.82) is 0 Å². The highest BCUT2D eigenvalue weighted by molar-refractivity contribution is 7.98. The van der Waals surface area contributed by atoms with E-state index in [-0.39, 0.29) is 0 Å². The van der Waals surface area contributed by atoms with Crippen LogP contribution < -0.4 is 10.5 Å². The van der Waals surface area contributed by atoms with Gasteiger partial charge in [-0.3, -0.25) is 0 Å². The summed E-state index contributed by atoms with van der Waals surface area (Å²) in [6, 6.07) is 11.2. The first-order valence-corrected chi connectivity index (χ1v) is 10.8. The van der Waals surface area contributed by atoms with Crippen molar-refractivity contribution in [2.45, 2.75) is 30.7 Å². The van der Waals surface area contributed by atoms with Crippen LogP contribution in [0.4, 0.5) is 13.2 Å². The van der Waals surface area contributed by atoms with E-state index in [2.05, 4.69) is 11.1 Å². The Balaban J connectivity index is 1.69. The van der Waals surface area contributed by atoms with Gasteiger partial charge in [-0.15, -0.1) is 23.1 Å². The van der Waals surface area contributed by atoms with E-state index >= 15 is 0 Å². The molecule has 3 rings (SSSR count). The minimum absolute atomic E-state index is 0.474. The summed E-state index contributed by atoms with van der Waals surface area (Å²) in [7, 11) is 0. The van der Waals surface area contributed by atoms with Gasteiger partial charge in [-0.1, -0.05) is 12.1 Å². The number of thioether (sulfide) groups is 1. The first kappa shape index (κ1) is 21.7. The van der Waals surface area contributed by atoms with Crippen LogP contribution in [-0.2, 0) is 11.9 Å². The van der Waals surface area contributed by atoms with E-state index in [1.807, 2.05) is 26.0 Å². The second-order valence-electron chi connectivity index (χ2n) is 6.46. The predicted octanol–water partition coefficient (Wildman–Crippen LogP) is 6.08. The maximum atomic E-state index is 12.7.